The van der Waals surface area contributed by atoms with Gasteiger partial charge in [-0.05, 0) is 19.3 Å². The number of nitrogens with zero attached hydrogens (tertiary/aromatic N) is 2. The van der Waals surface area contributed by atoms with Crippen molar-refractivity contribution in [3.63, 3.8) is 0 Å². The highest BCUT2D eigenvalue weighted by Crippen LogP contribution is 2.12. The summed E-state index contributed by atoms with van der Waals surface area (Å²) in [7, 11) is 0. The van der Waals surface area contributed by atoms with Gasteiger partial charge in [-0.3, -0.25) is 0 Å². The lowest BCUT2D eigenvalue weighted by Crippen LogP contribution is -2.19. The van der Waals surface area contributed by atoms with Crippen LogP contribution in [0.4, 0.5) is 5.95 Å². The Kier molecular flexibility index (Phi) is 6.84. The van der Waals surface area contributed by atoms with Crippen LogP contribution in [-0.2, 0) is 6.54 Å². The van der Waals surface area contributed by atoms with E-state index in [-0.39, 0.29) is 0 Å². The molecule has 0 aliphatic heterocycles. The number of unbranched alkanes of at least 4 members (excludes halogenated alkanes) is 3. The van der Waals surface area contributed by atoms with Gasteiger partial charge in [-0.1, -0.05) is 46.5 Å². The molecule has 1 aromatic heterocycles. The molecule has 0 fully saturated rings. The van der Waals surface area contributed by atoms with Crippen molar-refractivity contribution < 1.29 is 0 Å². The first-order valence-electron chi connectivity index (χ1n) is 7.41. The van der Waals surface area contributed by atoms with Gasteiger partial charge in [0, 0.05) is 25.0 Å². The third-order valence-electron chi connectivity index (χ3n) is 3.14. The summed E-state index contributed by atoms with van der Waals surface area (Å²) in [4.78, 5) is 4.41. The molecule has 104 valence electrons. The predicted molar refractivity (Wildman–Crippen MR) is 78.9 cm³/mol. The van der Waals surface area contributed by atoms with Crippen LogP contribution in [0.2, 0.25) is 0 Å². The fourth-order valence-corrected chi connectivity index (χ4v) is 2.16. The monoisotopic (exact) mass is 251 g/mol. The first-order valence-corrected chi connectivity index (χ1v) is 7.41. The van der Waals surface area contributed by atoms with Gasteiger partial charge in [0.25, 0.3) is 0 Å². The molecule has 1 N–H and O–H groups in total. The van der Waals surface area contributed by atoms with Gasteiger partial charge in [0.2, 0.25) is 5.95 Å². The van der Waals surface area contributed by atoms with E-state index in [1.54, 1.807) is 0 Å². The van der Waals surface area contributed by atoms with Gasteiger partial charge in [-0.25, -0.2) is 4.98 Å². The predicted octanol–water partition coefficient (Wildman–Crippen LogP) is 4.31. The van der Waals surface area contributed by atoms with Crippen molar-refractivity contribution in [2.45, 2.75) is 72.4 Å². The Labute approximate surface area is 112 Å². The van der Waals surface area contributed by atoms with Crippen LogP contribution >= 0.6 is 0 Å². The minimum atomic E-state index is 0.509. The molecule has 0 bridgehead atoms. The van der Waals surface area contributed by atoms with Crippen molar-refractivity contribution in [2.24, 2.45) is 5.92 Å². The average Bonchev–Trinajstić information content (AvgIpc) is 2.71. The molecule has 0 aromatic carbocycles. The van der Waals surface area contributed by atoms with Crippen molar-refractivity contribution in [1.82, 2.24) is 9.55 Å². The zero-order valence-corrected chi connectivity index (χ0v) is 12.4. The second kappa shape index (κ2) is 8.17. The van der Waals surface area contributed by atoms with E-state index in [0.717, 1.165) is 12.5 Å². The minimum absolute atomic E-state index is 0.509. The van der Waals surface area contributed by atoms with E-state index < -0.39 is 0 Å². The molecular formula is C15H29N3. The van der Waals surface area contributed by atoms with E-state index in [1.165, 1.54) is 32.1 Å². The van der Waals surface area contributed by atoms with Gasteiger partial charge < -0.3 is 9.88 Å². The Morgan fingerprint density at radius 1 is 1.22 bits per heavy atom. The smallest absolute Gasteiger partial charge is 0.202 e. The molecule has 0 radical (unpaired) electrons. The largest absolute Gasteiger partial charge is 0.353 e. The van der Waals surface area contributed by atoms with Gasteiger partial charge in [-0.2, -0.15) is 0 Å². The SMILES string of the molecule is CCCCCCC(C)Nc1nccn1CC(C)C. The van der Waals surface area contributed by atoms with Gasteiger partial charge in [0.15, 0.2) is 0 Å². The van der Waals surface area contributed by atoms with Gasteiger partial charge in [-0.15, -0.1) is 0 Å². The molecular weight excluding hydrogens is 222 g/mol. The lowest BCUT2D eigenvalue weighted by Gasteiger charge is -2.17. The summed E-state index contributed by atoms with van der Waals surface area (Å²) in [6.45, 7) is 10.0. The normalized spacial score (nSPS) is 12.9. The molecule has 3 nitrogen and oxygen atoms in total. The third-order valence-corrected chi connectivity index (χ3v) is 3.14. The lowest BCUT2D eigenvalue weighted by atomic mass is 10.1. The molecule has 0 aliphatic rings. The zero-order chi connectivity index (χ0) is 13.4. The summed E-state index contributed by atoms with van der Waals surface area (Å²) in [5.41, 5.74) is 0. The maximum atomic E-state index is 4.41. The van der Waals surface area contributed by atoms with Gasteiger partial charge >= 0.3 is 0 Å². The quantitative estimate of drug-likeness (QED) is 0.663. The summed E-state index contributed by atoms with van der Waals surface area (Å²) in [6, 6.07) is 0.509. The molecule has 0 amide bonds. The summed E-state index contributed by atoms with van der Waals surface area (Å²) in [5.74, 6) is 1.67. The molecule has 1 aromatic rings. The van der Waals surface area contributed by atoms with Gasteiger partial charge in [0.05, 0.1) is 0 Å². The number of anilines is 1. The van der Waals surface area contributed by atoms with Crippen LogP contribution < -0.4 is 5.32 Å². The highest BCUT2D eigenvalue weighted by molar-refractivity contribution is 5.27. The molecule has 1 heterocycles. The van der Waals surface area contributed by atoms with Crippen LogP contribution in [0.3, 0.4) is 0 Å². The third kappa shape index (κ3) is 5.56. The van der Waals surface area contributed by atoms with Crippen LogP contribution in [0.5, 0.6) is 0 Å². The van der Waals surface area contributed by atoms with E-state index >= 15 is 0 Å². The topological polar surface area (TPSA) is 29.9 Å². The number of aromatic nitrogens is 2. The molecule has 1 atom stereocenters. The minimum Gasteiger partial charge on any atom is -0.353 e. The van der Waals surface area contributed by atoms with Crippen molar-refractivity contribution in [2.75, 3.05) is 5.32 Å². The van der Waals surface area contributed by atoms with Crippen LogP contribution in [0.1, 0.15) is 59.8 Å². The first kappa shape index (κ1) is 15.1. The van der Waals surface area contributed by atoms with Crippen LogP contribution in [0.15, 0.2) is 12.4 Å². The molecule has 1 unspecified atom stereocenters. The number of imidazole rings is 1. The van der Waals surface area contributed by atoms with Crippen molar-refractivity contribution in [3.05, 3.63) is 12.4 Å². The van der Waals surface area contributed by atoms with Crippen molar-refractivity contribution >= 4 is 5.95 Å². The summed E-state index contributed by atoms with van der Waals surface area (Å²) in [6.07, 6.45) is 10.5. The van der Waals surface area contributed by atoms with E-state index in [1.807, 2.05) is 6.20 Å². The second-order valence-corrected chi connectivity index (χ2v) is 5.69. The van der Waals surface area contributed by atoms with Crippen molar-refractivity contribution in [3.8, 4) is 0 Å². The Hall–Kier alpha value is -0.990. The average molecular weight is 251 g/mol. The zero-order valence-electron chi connectivity index (χ0n) is 12.4. The Balaban J connectivity index is 2.34. The first-order chi connectivity index (χ1) is 8.63. The molecule has 0 spiro atoms. The molecule has 18 heavy (non-hydrogen) atoms. The van der Waals surface area contributed by atoms with Crippen LogP contribution in [0.25, 0.3) is 0 Å². The van der Waals surface area contributed by atoms with E-state index in [9.17, 15) is 0 Å². The van der Waals surface area contributed by atoms with E-state index in [4.69, 9.17) is 0 Å². The fraction of sp³-hybridized carbons (Fsp3) is 0.800. The molecule has 3 heteroatoms. The fourth-order valence-electron chi connectivity index (χ4n) is 2.16. The maximum Gasteiger partial charge on any atom is 0.202 e. The van der Waals surface area contributed by atoms with Crippen LogP contribution in [-0.4, -0.2) is 15.6 Å². The Bertz CT molecular complexity index is 317. The highest BCUT2D eigenvalue weighted by Gasteiger charge is 2.07. The standard InChI is InChI=1S/C15H29N3/c1-5-6-7-8-9-14(4)17-15-16-10-11-18(15)12-13(2)3/h10-11,13-14H,5-9,12H2,1-4H3,(H,16,17). The van der Waals surface area contributed by atoms with Gasteiger partial charge in [0.1, 0.15) is 0 Å². The Morgan fingerprint density at radius 2 is 2.00 bits per heavy atom. The summed E-state index contributed by atoms with van der Waals surface area (Å²) < 4.78 is 2.22. The number of nitrogens with one attached hydrogen (secondary N) is 1. The molecule has 0 saturated carbocycles. The second-order valence-electron chi connectivity index (χ2n) is 5.69. The molecule has 1 rings (SSSR count). The number of rotatable bonds is 9. The number of hydrogen-bond donors (Lipinski definition) is 1. The summed E-state index contributed by atoms with van der Waals surface area (Å²) >= 11 is 0. The van der Waals surface area contributed by atoms with E-state index in [2.05, 4.69) is 48.8 Å². The van der Waals surface area contributed by atoms with Crippen LogP contribution in [0, 0.1) is 5.92 Å². The lowest BCUT2D eigenvalue weighted by molar-refractivity contribution is 0.521. The van der Waals surface area contributed by atoms with Crippen molar-refractivity contribution in [1.29, 1.82) is 0 Å². The summed E-state index contributed by atoms with van der Waals surface area (Å²) in [5, 5.41) is 3.52. The molecule has 0 saturated heterocycles. The number of hydrogen-bond acceptors (Lipinski definition) is 2. The molecule has 0 aliphatic carbocycles. The maximum absolute atomic E-state index is 4.41. The van der Waals surface area contributed by atoms with E-state index in [0.29, 0.717) is 12.0 Å². The Morgan fingerprint density at radius 3 is 2.67 bits per heavy atom. The highest BCUT2D eigenvalue weighted by atomic mass is 15.2.